The quantitative estimate of drug-likeness (QED) is 0.149. The van der Waals surface area contributed by atoms with E-state index in [0.717, 1.165) is 22.3 Å². The molecule has 0 saturated carbocycles. The Balaban J connectivity index is 1.77. The summed E-state index contributed by atoms with van der Waals surface area (Å²) in [5.41, 5.74) is 2.32. The molecule has 0 spiro atoms. The molecule has 0 aliphatic rings. The van der Waals surface area contributed by atoms with E-state index in [0.29, 0.717) is 5.56 Å². The van der Waals surface area contributed by atoms with Gasteiger partial charge in [-0.2, -0.15) is 0 Å². The molecule has 0 radical (unpaired) electrons. The minimum absolute atomic E-state index is 0.227. The summed E-state index contributed by atoms with van der Waals surface area (Å²) >= 11 is 0. The Bertz CT molecular complexity index is 1580. The smallest absolute Gasteiger partial charge is 0.384 e. The first-order valence-corrected chi connectivity index (χ1v) is 12.2. The van der Waals surface area contributed by atoms with Gasteiger partial charge < -0.3 is 14.2 Å². The second-order valence-electron chi connectivity index (χ2n) is 8.44. The average Bonchev–Trinajstić information content (AvgIpc) is 3.03. The highest BCUT2D eigenvalue weighted by molar-refractivity contribution is 5.93. The van der Waals surface area contributed by atoms with Crippen LogP contribution in [0.5, 0.6) is 0 Å². The van der Waals surface area contributed by atoms with Crippen molar-refractivity contribution in [2.75, 3.05) is 14.2 Å². The van der Waals surface area contributed by atoms with E-state index in [1.54, 1.807) is 36.4 Å². The molecule has 6 nitrogen and oxygen atoms in total. The Labute approximate surface area is 232 Å². The zero-order valence-electron chi connectivity index (χ0n) is 21.8. The van der Waals surface area contributed by atoms with Crippen LogP contribution in [-0.2, 0) is 29.4 Å². The van der Waals surface area contributed by atoms with Crippen molar-refractivity contribution >= 4 is 17.9 Å². The van der Waals surface area contributed by atoms with Gasteiger partial charge in [-0.3, -0.25) is 0 Å². The van der Waals surface area contributed by atoms with Crippen molar-refractivity contribution in [2.24, 2.45) is 0 Å². The zero-order chi connectivity index (χ0) is 28.4. The van der Waals surface area contributed by atoms with Crippen LogP contribution in [0, 0.1) is 23.7 Å². The summed E-state index contributed by atoms with van der Waals surface area (Å²) in [6.45, 7) is 0. The zero-order valence-corrected chi connectivity index (χ0v) is 21.8. The largest absolute Gasteiger partial charge is 0.459 e. The lowest BCUT2D eigenvalue weighted by atomic mass is 9.92. The molecule has 196 valence electrons. The van der Waals surface area contributed by atoms with Gasteiger partial charge >= 0.3 is 17.9 Å². The topological polar surface area (TPSA) is 78.9 Å². The standard InChI is InChI=1S/C34H24O6/c1-38-31(35)21-23-34(24-22-32(36)39-2,30-19-17-28(18-20-30)26-11-7-4-8-12-26)40-33(37)29-15-13-27(14-16-29)25-9-5-3-6-10-25/h3-20H,1-2H3. The molecule has 0 heterocycles. The SMILES string of the molecule is COC(=O)C#CC(C#CC(=O)OC)(OC(=O)c1ccc(-c2ccccc2)cc1)c1ccc(-c2ccccc2)cc1. The van der Waals surface area contributed by atoms with Crippen molar-refractivity contribution in [3.63, 3.8) is 0 Å². The molecule has 0 N–H and O–H groups in total. The second-order valence-corrected chi connectivity index (χ2v) is 8.44. The molecule has 0 aromatic heterocycles. The van der Waals surface area contributed by atoms with Crippen molar-refractivity contribution in [3.8, 4) is 45.9 Å². The molecule has 6 heteroatoms. The van der Waals surface area contributed by atoms with E-state index < -0.39 is 23.5 Å². The molecule has 0 amide bonds. The van der Waals surface area contributed by atoms with Gasteiger partial charge in [0.05, 0.1) is 19.8 Å². The summed E-state index contributed by atoms with van der Waals surface area (Å²) < 4.78 is 15.2. The van der Waals surface area contributed by atoms with Gasteiger partial charge in [0.1, 0.15) is 0 Å². The first-order chi connectivity index (χ1) is 19.4. The van der Waals surface area contributed by atoms with E-state index >= 15 is 0 Å². The molecule has 0 fully saturated rings. The van der Waals surface area contributed by atoms with Crippen LogP contribution in [0.25, 0.3) is 22.3 Å². The number of benzene rings is 4. The van der Waals surface area contributed by atoms with Crippen LogP contribution < -0.4 is 0 Å². The van der Waals surface area contributed by atoms with Crippen LogP contribution in [0.3, 0.4) is 0 Å². The molecule has 0 saturated heterocycles. The summed E-state index contributed by atoms with van der Waals surface area (Å²) in [6, 6.07) is 33.1. The highest BCUT2D eigenvalue weighted by Crippen LogP contribution is 2.30. The molecule has 0 bridgehead atoms. The lowest BCUT2D eigenvalue weighted by Crippen LogP contribution is -2.30. The number of methoxy groups -OCH3 is 2. The fraction of sp³-hybridized carbons (Fsp3) is 0.0882. The number of carbonyl (C=O) groups is 3. The molecule has 40 heavy (non-hydrogen) atoms. The van der Waals surface area contributed by atoms with Crippen LogP contribution in [0.4, 0.5) is 0 Å². The van der Waals surface area contributed by atoms with E-state index in [1.807, 2.05) is 72.8 Å². The maximum atomic E-state index is 13.4. The van der Waals surface area contributed by atoms with E-state index in [9.17, 15) is 14.4 Å². The van der Waals surface area contributed by atoms with Crippen LogP contribution >= 0.6 is 0 Å². The number of carbonyl (C=O) groups excluding carboxylic acids is 3. The lowest BCUT2D eigenvalue weighted by molar-refractivity contribution is -0.134. The summed E-state index contributed by atoms with van der Waals surface area (Å²) in [4.78, 5) is 37.4. The molecule has 4 aromatic rings. The normalized spacial score (nSPS) is 10.2. The molecular weight excluding hydrogens is 504 g/mol. The predicted octanol–water partition coefficient (Wildman–Crippen LogP) is 5.43. The van der Waals surface area contributed by atoms with E-state index in [4.69, 9.17) is 4.74 Å². The Hall–Kier alpha value is -5.59. The second kappa shape index (κ2) is 12.8. The van der Waals surface area contributed by atoms with Crippen LogP contribution in [0.15, 0.2) is 109 Å². The van der Waals surface area contributed by atoms with Crippen molar-refractivity contribution in [1.29, 1.82) is 0 Å². The predicted molar refractivity (Wildman–Crippen MR) is 150 cm³/mol. The monoisotopic (exact) mass is 528 g/mol. The Morgan fingerprint density at radius 1 is 0.550 bits per heavy atom. The number of rotatable bonds is 5. The molecule has 0 aliphatic heterocycles. The van der Waals surface area contributed by atoms with Crippen molar-refractivity contribution in [1.82, 2.24) is 0 Å². The number of hydrogen-bond donors (Lipinski definition) is 0. The van der Waals surface area contributed by atoms with Gasteiger partial charge in [0.25, 0.3) is 5.60 Å². The molecule has 0 unspecified atom stereocenters. The Morgan fingerprint density at radius 3 is 1.38 bits per heavy atom. The first-order valence-electron chi connectivity index (χ1n) is 12.2. The molecule has 0 atom stereocenters. The lowest BCUT2D eigenvalue weighted by Gasteiger charge is -2.24. The van der Waals surface area contributed by atoms with Gasteiger partial charge in [-0.1, -0.05) is 97.1 Å². The Morgan fingerprint density at radius 2 is 0.950 bits per heavy atom. The highest BCUT2D eigenvalue weighted by atomic mass is 16.6. The van der Waals surface area contributed by atoms with Gasteiger partial charge in [-0.15, -0.1) is 0 Å². The van der Waals surface area contributed by atoms with E-state index in [-0.39, 0.29) is 5.56 Å². The summed E-state index contributed by atoms with van der Waals surface area (Å²) in [5, 5.41) is 0. The fourth-order valence-corrected chi connectivity index (χ4v) is 3.82. The number of esters is 3. The minimum atomic E-state index is -1.99. The van der Waals surface area contributed by atoms with Gasteiger partial charge in [0, 0.05) is 17.4 Å². The maximum absolute atomic E-state index is 13.4. The van der Waals surface area contributed by atoms with Crippen LogP contribution in [0.2, 0.25) is 0 Å². The molecular formula is C34H24O6. The van der Waals surface area contributed by atoms with Crippen molar-refractivity contribution < 1.29 is 28.6 Å². The molecule has 4 aromatic carbocycles. The van der Waals surface area contributed by atoms with Gasteiger partial charge in [-0.05, 0) is 46.2 Å². The fourth-order valence-electron chi connectivity index (χ4n) is 3.82. The maximum Gasteiger partial charge on any atom is 0.384 e. The highest BCUT2D eigenvalue weighted by Gasteiger charge is 2.34. The van der Waals surface area contributed by atoms with Crippen LogP contribution in [-0.4, -0.2) is 32.1 Å². The molecule has 4 rings (SSSR count). The third-order valence-corrected chi connectivity index (χ3v) is 5.92. The van der Waals surface area contributed by atoms with E-state index in [1.165, 1.54) is 14.2 Å². The summed E-state index contributed by atoms with van der Waals surface area (Å²) in [5.74, 6) is 7.37. The molecule has 0 aliphatic carbocycles. The third kappa shape index (κ3) is 6.64. The summed E-state index contributed by atoms with van der Waals surface area (Å²) in [6.07, 6.45) is 0. The van der Waals surface area contributed by atoms with Crippen molar-refractivity contribution in [2.45, 2.75) is 5.60 Å². The third-order valence-electron chi connectivity index (χ3n) is 5.92. The number of ether oxygens (including phenoxy) is 3. The minimum Gasteiger partial charge on any atom is -0.459 e. The van der Waals surface area contributed by atoms with Crippen molar-refractivity contribution in [3.05, 3.63) is 120 Å². The van der Waals surface area contributed by atoms with Gasteiger partial charge in [-0.25, -0.2) is 14.4 Å². The van der Waals surface area contributed by atoms with E-state index in [2.05, 4.69) is 33.2 Å². The van der Waals surface area contributed by atoms with Gasteiger partial charge in [0.2, 0.25) is 0 Å². The number of hydrogen-bond acceptors (Lipinski definition) is 6. The van der Waals surface area contributed by atoms with Crippen LogP contribution in [0.1, 0.15) is 15.9 Å². The summed E-state index contributed by atoms with van der Waals surface area (Å²) in [7, 11) is 2.35. The first kappa shape index (κ1) is 27.4. The van der Waals surface area contributed by atoms with Gasteiger partial charge in [0.15, 0.2) is 0 Å². The Kier molecular flexibility index (Phi) is 8.77. The average molecular weight is 529 g/mol.